The Morgan fingerprint density at radius 2 is 1.86 bits per heavy atom. The van der Waals surface area contributed by atoms with Gasteiger partial charge in [-0.15, -0.1) is 24.0 Å². The number of rotatable bonds is 9. The van der Waals surface area contributed by atoms with E-state index in [-0.39, 0.29) is 24.0 Å². The Balaban J connectivity index is 0.00000400. The smallest absolute Gasteiger partial charge is 0.191 e. The van der Waals surface area contributed by atoms with E-state index in [0.29, 0.717) is 5.41 Å². The van der Waals surface area contributed by atoms with E-state index in [0.717, 1.165) is 51.6 Å². The highest BCUT2D eigenvalue weighted by Gasteiger charge is 2.33. The fourth-order valence-corrected chi connectivity index (χ4v) is 2.88. The van der Waals surface area contributed by atoms with Crippen LogP contribution in [0.15, 0.2) is 4.99 Å². The van der Waals surface area contributed by atoms with E-state index < -0.39 is 0 Å². The second kappa shape index (κ2) is 12.5. The zero-order valence-electron chi connectivity index (χ0n) is 14.0. The van der Waals surface area contributed by atoms with Crippen LogP contribution in [0.1, 0.15) is 59.3 Å². The number of guanidine groups is 1. The maximum absolute atomic E-state index is 5.56. The van der Waals surface area contributed by atoms with Gasteiger partial charge in [0.1, 0.15) is 0 Å². The van der Waals surface area contributed by atoms with E-state index in [9.17, 15) is 0 Å². The van der Waals surface area contributed by atoms with Gasteiger partial charge in [0, 0.05) is 32.8 Å². The van der Waals surface area contributed by atoms with Gasteiger partial charge in [0.15, 0.2) is 5.96 Å². The first-order valence-corrected chi connectivity index (χ1v) is 8.36. The average Bonchev–Trinajstić information content (AvgIpc) is 2.91. The molecule has 5 heteroatoms. The standard InChI is InChI=1S/C16H33N3O.HI/c1-4-12-18-15(17-5-2)19-14-16(9-7-8-10-16)11-13-20-6-3;/h4-14H2,1-3H3,(H2,17,18,19);1H. The van der Waals surface area contributed by atoms with Gasteiger partial charge in [-0.2, -0.15) is 0 Å². The zero-order chi connectivity index (χ0) is 14.7. The molecule has 0 spiro atoms. The molecule has 0 aromatic heterocycles. The number of nitrogens with zero attached hydrogens (tertiary/aromatic N) is 1. The van der Waals surface area contributed by atoms with E-state index in [1.54, 1.807) is 0 Å². The van der Waals surface area contributed by atoms with Crippen molar-refractivity contribution in [2.24, 2.45) is 10.4 Å². The molecule has 1 rings (SSSR count). The van der Waals surface area contributed by atoms with E-state index in [1.165, 1.54) is 25.7 Å². The number of halogens is 1. The minimum atomic E-state index is 0. The molecule has 0 unspecified atom stereocenters. The van der Waals surface area contributed by atoms with Crippen molar-refractivity contribution in [3.05, 3.63) is 0 Å². The topological polar surface area (TPSA) is 45.7 Å². The molecule has 4 nitrogen and oxygen atoms in total. The van der Waals surface area contributed by atoms with E-state index >= 15 is 0 Å². The largest absolute Gasteiger partial charge is 0.382 e. The summed E-state index contributed by atoms with van der Waals surface area (Å²) in [6, 6.07) is 0. The number of hydrogen-bond acceptors (Lipinski definition) is 2. The lowest BCUT2D eigenvalue weighted by Gasteiger charge is -2.27. The summed E-state index contributed by atoms with van der Waals surface area (Å²) in [7, 11) is 0. The Bertz CT molecular complexity index is 279. The van der Waals surface area contributed by atoms with Crippen LogP contribution in [0.25, 0.3) is 0 Å². The van der Waals surface area contributed by atoms with Crippen molar-refractivity contribution in [3.63, 3.8) is 0 Å². The fraction of sp³-hybridized carbons (Fsp3) is 0.938. The summed E-state index contributed by atoms with van der Waals surface area (Å²) >= 11 is 0. The van der Waals surface area contributed by atoms with Crippen molar-refractivity contribution in [3.8, 4) is 0 Å². The lowest BCUT2D eigenvalue weighted by atomic mass is 9.83. The molecule has 0 amide bonds. The maximum Gasteiger partial charge on any atom is 0.191 e. The zero-order valence-corrected chi connectivity index (χ0v) is 16.4. The number of nitrogens with one attached hydrogen (secondary N) is 2. The molecule has 0 heterocycles. The normalized spacial score (nSPS) is 17.4. The first kappa shape index (κ1) is 21.0. The third-order valence-corrected chi connectivity index (χ3v) is 4.10. The third kappa shape index (κ3) is 8.24. The van der Waals surface area contributed by atoms with Crippen LogP contribution in [-0.2, 0) is 4.74 Å². The predicted octanol–water partition coefficient (Wildman–Crippen LogP) is 3.56. The molecule has 1 aliphatic carbocycles. The summed E-state index contributed by atoms with van der Waals surface area (Å²) in [6.45, 7) is 10.9. The van der Waals surface area contributed by atoms with Crippen LogP contribution in [0.2, 0.25) is 0 Å². The van der Waals surface area contributed by atoms with Crippen molar-refractivity contribution in [2.75, 3.05) is 32.8 Å². The van der Waals surface area contributed by atoms with Crippen molar-refractivity contribution >= 4 is 29.9 Å². The minimum absolute atomic E-state index is 0. The Labute approximate surface area is 147 Å². The summed E-state index contributed by atoms with van der Waals surface area (Å²) in [4.78, 5) is 4.82. The number of ether oxygens (including phenoxy) is 1. The van der Waals surface area contributed by atoms with E-state index in [2.05, 4.69) is 31.4 Å². The van der Waals surface area contributed by atoms with Gasteiger partial charge < -0.3 is 15.4 Å². The van der Waals surface area contributed by atoms with Crippen molar-refractivity contribution in [2.45, 2.75) is 59.3 Å². The van der Waals surface area contributed by atoms with Gasteiger partial charge in [0.2, 0.25) is 0 Å². The lowest BCUT2D eigenvalue weighted by Crippen LogP contribution is -2.38. The van der Waals surface area contributed by atoms with E-state index in [4.69, 9.17) is 9.73 Å². The molecule has 2 N–H and O–H groups in total. The summed E-state index contributed by atoms with van der Waals surface area (Å²) in [5, 5.41) is 6.72. The summed E-state index contributed by atoms with van der Waals surface area (Å²) in [5.74, 6) is 0.969. The second-order valence-corrected chi connectivity index (χ2v) is 5.78. The molecule has 1 saturated carbocycles. The van der Waals surface area contributed by atoms with Gasteiger partial charge in [0.05, 0.1) is 0 Å². The summed E-state index contributed by atoms with van der Waals surface area (Å²) in [6.07, 6.45) is 7.58. The molecule has 0 atom stereocenters. The molecular formula is C16H34IN3O. The molecule has 0 bridgehead atoms. The van der Waals surface area contributed by atoms with Gasteiger partial charge in [0.25, 0.3) is 0 Å². The van der Waals surface area contributed by atoms with Gasteiger partial charge in [-0.05, 0) is 44.9 Å². The Kier molecular flexibility index (Phi) is 12.5. The Hall–Kier alpha value is -0.0400. The van der Waals surface area contributed by atoms with Crippen molar-refractivity contribution < 1.29 is 4.74 Å². The molecule has 21 heavy (non-hydrogen) atoms. The predicted molar refractivity (Wildman–Crippen MR) is 102 cm³/mol. The van der Waals surface area contributed by atoms with E-state index in [1.807, 2.05) is 0 Å². The maximum atomic E-state index is 5.56. The highest BCUT2D eigenvalue weighted by molar-refractivity contribution is 14.0. The van der Waals surface area contributed by atoms with Gasteiger partial charge in [-0.25, -0.2) is 0 Å². The third-order valence-electron chi connectivity index (χ3n) is 4.10. The van der Waals surface area contributed by atoms with Crippen LogP contribution in [0.5, 0.6) is 0 Å². The van der Waals surface area contributed by atoms with Gasteiger partial charge in [-0.3, -0.25) is 4.99 Å². The van der Waals surface area contributed by atoms with Crippen LogP contribution in [0, 0.1) is 5.41 Å². The highest BCUT2D eigenvalue weighted by Crippen LogP contribution is 2.41. The summed E-state index contributed by atoms with van der Waals surface area (Å²) < 4.78 is 5.56. The van der Waals surface area contributed by atoms with Crippen LogP contribution < -0.4 is 10.6 Å². The first-order chi connectivity index (χ1) is 9.76. The molecule has 1 aliphatic rings. The molecule has 126 valence electrons. The second-order valence-electron chi connectivity index (χ2n) is 5.78. The number of aliphatic imine (C=N–C) groups is 1. The molecule has 0 aliphatic heterocycles. The minimum Gasteiger partial charge on any atom is -0.382 e. The SMILES string of the molecule is CCCNC(=NCC1(CCOCC)CCCC1)NCC.I. The lowest BCUT2D eigenvalue weighted by molar-refractivity contribution is 0.107. The van der Waals surface area contributed by atoms with Crippen LogP contribution in [0.3, 0.4) is 0 Å². The summed E-state index contributed by atoms with van der Waals surface area (Å²) in [5.41, 5.74) is 0.379. The molecule has 1 fully saturated rings. The quantitative estimate of drug-likeness (QED) is 0.264. The molecule has 0 aromatic rings. The number of hydrogen-bond donors (Lipinski definition) is 2. The molecule has 0 radical (unpaired) electrons. The first-order valence-electron chi connectivity index (χ1n) is 8.36. The highest BCUT2D eigenvalue weighted by atomic mass is 127. The molecule has 0 aromatic carbocycles. The van der Waals surface area contributed by atoms with Crippen molar-refractivity contribution in [1.82, 2.24) is 10.6 Å². The Morgan fingerprint density at radius 1 is 1.14 bits per heavy atom. The molecule has 0 saturated heterocycles. The van der Waals surface area contributed by atoms with Gasteiger partial charge >= 0.3 is 0 Å². The van der Waals surface area contributed by atoms with Crippen LogP contribution >= 0.6 is 24.0 Å². The average molecular weight is 411 g/mol. The Morgan fingerprint density at radius 3 is 2.43 bits per heavy atom. The van der Waals surface area contributed by atoms with Crippen LogP contribution in [0.4, 0.5) is 0 Å². The van der Waals surface area contributed by atoms with Crippen LogP contribution in [-0.4, -0.2) is 38.8 Å². The molecular weight excluding hydrogens is 377 g/mol. The monoisotopic (exact) mass is 411 g/mol. The van der Waals surface area contributed by atoms with Gasteiger partial charge in [-0.1, -0.05) is 19.8 Å². The fourth-order valence-electron chi connectivity index (χ4n) is 2.88. The van der Waals surface area contributed by atoms with Crippen molar-refractivity contribution in [1.29, 1.82) is 0 Å².